The van der Waals surface area contributed by atoms with Crippen molar-refractivity contribution in [1.82, 2.24) is 5.43 Å². The molecule has 3 aromatic carbocycles. The van der Waals surface area contributed by atoms with E-state index in [1.54, 1.807) is 36.3 Å². The molecule has 0 unspecified atom stereocenters. The Morgan fingerprint density at radius 1 is 1.12 bits per heavy atom. The Balaban J connectivity index is 1.42. The van der Waals surface area contributed by atoms with Crippen LogP contribution in [0.3, 0.4) is 0 Å². The summed E-state index contributed by atoms with van der Waals surface area (Å²) in [6.07, 6.45) is 0.136. The highest BCUT2D eigenvalue weighted by atomic mass is 79.9. The first-order valence-electron chi connectivity index (χ1n) is 10.6. The molecule has 3 aromatic rings. The number of rotatable bonds is 8. The number of hydrazine groups is 1. The molecule has 0 bridgehead atoms. The Hall–Kier alpha value is -3.23. The molecule has 7 nitrogen and oxygen atoms in total. The number of anilines is 2. The molecule has 1 fully saturated rings. The van der Waals surface area contributed by atoms with Crippen molar-refractivity contribution in [3.8, 4) is 11.5 Å². The lowest BCUT2D eigenvalue weighted by molar-refractivity contribution is -0.125. The summed E-state index contributed by atoms with van der Waals surface area (Å²) in [5.41, 5.74) is 7.73. The van der Waals surface area contributed by atoms with Crippen molar-refractivity contribution in [2.45, 2.75) is 13.0 Å². The molecule has 0 spiro atoms. The summed E-state index contributed by atoms with van der Waals surface area (Å²) in [4.78, 5) is 27.0. The fraction of sp³-hybridized carbons (Fsp3) is 0.200. The van der Waals surface area contributed by atoms with E-state index in [4.69, 9.17) is 21.1 Å². The van der Waals surface area contributed by atoms with Crippen LogP contribution in [0.4, 0.5) is 11.4 Å². The van der Waals surface area contributed by atoms with Crippen LogP contribution < -0.4 is 25.2 Å². The zero-order chi connectivity index (χ0) is 24.1. The zero-order valence-corrected chi connectivity index (χ0v) is 20.7. The lowest BCUT2D eigenvalue weighted by Crippen LogP contribution is -2.36. The van der Waals surface area contributed by atoms with Crippen molar-refractivity contribution in [2.75, 3.05) is 24.0 Å². The minimum Gasteiger partial charge on any atom is -0.493 e. The molecule has 1 atom stereocenters. The van der Waals surface area contributed by atoms with E-state index in [1.165, 1.54) is 0 Å². The summed E-state index contributed by atoms with van der Waals surface area (Å²) in [5.74, 6) is 0.0789. The summed E-state index contributed by atoms with van der Waals surface area (Å²) in [6, 6.07) is 20.1. The van der Waals surface area contributed by atoms with Gasteiger partial charge in [0.2, 0.25) is 11.8 Å². The second-order valence-corrected chi connectivity index (χ2v) is 9.04. The van der Waals surface area contributed by atoms with E-state index in [1.807, 2.05) is 42.5 Å². The molecule has 9 heteroatoms. The molecule has 0 aromatic heterocycles. The summed E-state index contributed by atoms with van der Waals surface area (Å²) in [7, 11) is 1.54. The van der Waals surface area contributed by atoms with Crippen LogP contribution in [0.2, 0.25) is 5.02 Å². The van der Waals surface area contributed by atoms with Crippen molar-refractivity contribution in [1.29, 1.82) is 0 Å². The van der Waals surface area contributed by atoms with Gasteiger partial charge in [-0.15, -0.1) is 0 Å². The molecular formula is C25H23BrClN3O4. The number of nitrogens with one attached hydrogen (secondary N) is 2. The predicted octanol–water partition coefficient (Wildman–Crippen LogP) is 5.19. The molecule has 2 N–H and O–H groups in total. The third-order valence-corrected chi connectivity index (χ3v) is 6.38. The Morgan fingerprint density at radius 3 is 2.62 bits per heavy atom. The molecule has 2 amide bonds. The summed E-state index contributed by atoms with van der Waals surface area (Å²) in [6.45, 7) is 0.532. The van der Waals surface area contributed by atoms with E-state index < -0.39 is 5.92 Å². The van der Waals surface area contributed by atoms with E-state index in [9.17, 15) is 9.59 Å². The number of amides is 2. The quantitative estimate of drug-likeness (QED) is 0.382. The number of hydrogen-bond donors (Lipinski definition) is 2. The van der Waals surface area contributed by atoms with Crippen LogP contribution in [-0.2, 0) is 16.2 Å². The number of nitrogens with zero attached hydrogens (tertiary/aromatic N) is 1. The van der Waals surface area contributed by atoms with Gasteiger partial charge in [-0.2, -0.15) is 0 Å². The fourth-order valence-electron chi connectivity index (χ4n) is 3.67. The molecule has 1 heterocycles. The Labute approximate surface area is 211 Å². The Bertz CT molecular complexity index is 1190. The van der Waals surface area contributed by atoms with Crippen molar-refractivity contribution in [3.63, 3.8) is 0 Å². The number of halogens is 2. The van der Waals surface area contributed by atoms with Gasteiger partial charge in [0.25, 0.3) is 0 Å². The van der Waals surface area contributed by atoms with Crippen LogP contribution in [0.15, 0.2) is 71.2 Å². The van der Waals surface area contributed by atoms with E-state index in [2.05, 4.69) is 26.8 Å². The number of benzene rings is 3. The summed E-state index contributed by atoms with van der Waals surface area (Å²) in [5, 5.41) is 0.599. The van der Waals surface area contributed by atoms with Crippen molar-refractivity contribution in [3.05, 3.63) is 81.8 Å². The molecule has 34 heavy (non-hydrogen) atoms. The predicted molar refractivity (Wildman–Crippen MR) is 135 cm³/mol. The molecule has 1 aliphatic rings. The fourth-order valence-corrected chi connectivity index (χ4v) is 4.13. The van der Waals surface area contributed by atoms with E-state index in [0.717, 1.165) is 15.7 Å². The number of methoxy groups -OCH3 is 1. The summed E-state index contributed by atoms with van der Waals surface area (Å²) < 4.78 is 12.4. The van der Waals surface area contributed by atoms with Gasteiger partial charge < -0.3 is 14.4 Å². The van der Waals surface area contributed by atoms with Gasteiger partial charge in [0.1, 0.15) is 6.61 Å². The lowest BCUT2D eigenvalue weighted by Gasteiger charge is -2.19. The second-order valence-electron chi connectivity index (χ2n) is 7.71. The monoisotopic (exact) mass is 543 g/mol. The van der Waals surface area contributed by atoms with Gasteiger partial charge in [0.05, 0.1) is 18.7 Å². The van der Waals surface area contributed by atoms with Gasteiger partial charge in [-0.3, -0.25) is 20.4 Å². The average Bonchev–Trinajstić information content (AvgIpc) is 3.24. The standard InChI is InChI=1S/C25H23BrClN3O4/c1-33-22-8-4-7-21(24(22)34-15-16-5-2-3-6-20(16)27)28-29-25(32)17-13-23(31)30(14-17)19-11-9-18(26)10-12-19/h2-12,17,28H,13-15H2,1H3,(H,29,32)/t17-/m0/s1. The van der Waals surface area contributed by atoms with Crippen LogP contribution in [0.25, 0.3) is 0 Å². The number of hydrogen-bond acceptors (Lipinski definition) is 5. The maximum Gasteiger partial charge on any atom is 0.243 e. The van der Waals surface area contributed by atoms with Crippen molar-refractivity contribution >= 4 is 50.7 Å². The Morgan fingerprint density at radius 2 is 1.88 bits per heavy atom. The van der Waals surface area contributed by atoms with E-state index in [0.29, 0.717) is 28.8 Å². The number of carbonyl (C=O) groups excluding carboxylic acids is 2. The highest BCUT2D eigenvalue weighted by Gasteiger charge is 2.35. The molecule has 0 aliphatic carbocycles. The van der Waals surface area contributed by atoms with Crippen molar-refractivity contribution in [2.24, 2.45) is 5.92 Å². The third kappa shape index (κ3) is 5.46. The number of para-hydroxylation sites is 1. The molecule has 1 saturated heterocycles. The second kappa shape index (κ2) is 10.8. The highest BCUT2D eigenvalue weighted by Crippen LogP contribution is 2.36. The summed E-state index contributed by atoms with van der Waals surface area (Å²) >= 11 is 9.63. The first-order chi connectivity index (χ1) is 16.5. The molecule has 176 valence electrons. The van der Waals surface area contributed by atoms with Crippen molar-refractivity contribution < 1.29 is 19.1 Å². The molecule has 1 aliphatic heterocycles. The number of ether oxygens (including phenoxy) is 2. The Kier molecular flexibility index (Phi) is 7.59. The van der Waals surface area contributed by atoms with E-state index in [-0.39, 0.29) is 24.8 Å². The number of carbonyl (C=O) groups is 2. The maximum atomic E-state index is 12.8. The average molecular weight is 545 g/mol. The van der Waals surface area contributed by atoms with E-state index >= 15 is 0 Å². The topological polar surface area (TPSA) is 79.9 Å². The minimum absolute atomic E-state index is 0.0902. The largest absolute Gasteiger partial charge is 0.493 e. The normalized spacial score (nSPS) is 15.2. The molecular weight excluding hydrogens is 522 g/mol. The smallest absolute Gasteiger partial charge is 0.243 e. The van der Waals surface area contributed by atoms with Gasteiger partial charge >= 0.3 is 0 Å². The van der Waals surface area contributed by atoms with Crippen LogP contribution in [0.5, 0.6) is 11.5 Å². The van der Waals surface area contributed by atoms with Crippen LogP contribution in [0.1, 0.15) is 12.0 Å². The first-order valence-corrected chi connectivity index (χ1v) is 11.8. The zero-order valence-electron chi connectivity index (χ0n) is 18.4. The molecule has 4 rings (SSSR count). The van der Waals surface area contributed by atoms with Gasteiger partial charge in [-0.05, 0) is 42.5 Å². The molecule has 0 saturated carbocycles. The van der Waals surface area contributed by atoms with Gasteiger partial charge in [-0.25, -0.2) is 0 Å². The van der Waals surface area contributed by atoms with Crippen LogP contribution >= 0.6 is 27.5 Å². The maximum absolute atomic E-state index is 12.8. The molecule has 0 radical (unpaired) electrons. The highest BCUT2D eigenvalue weighted by molar-refractivity contribution is 9.10. The minimum atomic E-state index is -0.484. The van der Waals surface area contributed by atoms with Gasteiger partial charge in [-0.1, -0.05) is 51.8 Å². The third-order valence-electron chi connectivity index (χ3n) is 5.48. The van der Waals surface area contributed by atoms with Crippen LogP contribution in [-0.4, -0.2) is 25.5 Å². The SMILES string of the molecule is COc1cccc(NNC(=O)[C@H]2CC(=O)N(c3ccc(Br)cc3)C2)c1OCc1ccccc1Cl. The van der Waals surface area contributed by atoms with Crippen LogP contribution in [0, 0.1) is 5.92 Å². The van der Waals surface area contributed by atoms with Gasteiger partial charge in [0, 0.05) is 33.7 Å². The lowest BCUT2D eigenvalue weighted by atomic mass is 10.1. The first kappa shape index (κ1) is 23.9. The van der Waals surface area contributed by atoms with Gasteiger partial charge in [0.15, 0.2) is 11.5 Å².